The topological polar surface area (TPSA) is 38.2 Å². The molecule has 122 valence electrons. The van der Waals surface area contributed by atoms with Gasteiger partial charge in [0.15, 0.2) is 0 Å². The molecular formula is C17H19ClFN3O. The zero-order valence-electron chi connectivity index (χ0n) is 12.8. The van der Waals surface area contributed by atoms with E-state index in [1.54, 1.807) is 24.7 Å². The molecular weight excluding hydrogens is 317 g/mol. The van der Waals surface area contributed by atoms with Crippen LogP contribution in [-0.4, -0.2) is 41.2 Å². The minimum atomic E-state index is -0.369. The van der Waals surface area contributed by atoms with Gasteiger partial charge in [-0.15, -0.1) is 0 Å². The Kier molecular flexibility index (Phi) is 5.54. The predicted molar refractivity (Wildman–Crippen MR) is 86.7 cm³/mol. The van der Waals surface area contributed by atoms with Crippen molar-refractivity contribution in [1.29, 1.82) is 0 Å². The number of halogens is 2. The first-order valence-corrected chi connectivity index (χ1v) is 8.07. The van der Waals surface area contributed by atoms with Crippen LogP contribution in [0.4, 0.5) is 4.39 Å². The number of ether oxygens (including phenoxy) is 1. The predicted octanol–water partition coefficient (Wildman–Crippen LogP) is 2.96. The molecule has 1 aromatic heterocycles. The quantitative estimate of drug-likeness (QED) is 0.861. The SMILES string of the molecule is Fc1cc(CN2CCOCC(Cc3cnccn3)C2)ccc1Cl. The van der Waals surface area contributed by atoms with E-state index < -0.39 is 0 Å². The van der Waals surface area contributed by atoms with Crippen LogP contribution in [-0.2, 0) is 17.7 Å². The average molecular weight is 336 g/mol. The maximum absolute atomic E-state index is 13.6. The Morgan fingerprint density at radius 1 is 1.35 bits per heavy atom. The third kappa shape index (κ3) is 4.70. The molecule has 1 saturated heterocycles. The van der Waals surface area contributed by atoms with E-state index in [0.29, 0.717) is 25.7 Å². The van der Waals surface area contributed by atoms with Gasteiger partial charge in [-0.2, -0.15) is 0 Å². The minimum Gasteiger partial charge on any atom is -0.380 e. The van der Waals surface area contributed by atoms with Crippen molar-refractivity contribution in [2.75, 3.05) is 26.3 Å². The largest absolute Gasteiger partial charge is 0.380 e. The van der Waals surface area contributed by atoms with Gasteiger partial charge in [-0.25, -0.2) is 4.39 Å². The second kappa shape index (κ2) is 7.81. The summed E-state index contributed by atoms with van der Waals surface area (Å²) in [6.45, 7) is 3.81. The molecule has 2 aromatic rings. The van der Waals surface area contributed by atoms with Crippen molar-refractivity contribution in [1.82, 2.24) is 14.9 Å². The van der Waals surface area contributed by atoms with E-state index in [0.717, 1.165) is 30.8 Å². The van der Waals surface area contributed by atoms with E-state index in [9.17, 15) is 4.39 Å². The summed E-state index contributed by atoms with van der Waals surface area (Å²) in [6, 6.07) is 4.98. The smallest absolute Gasteiger partial charge is 0.142 e. The van der Waals surface area contributed by atoms with Crippen LogP contribution in [0.5, 0.6) is 0 Å². The summed E-state index contributed by atoms with van der Waals surface area (Å²) in [4.78, 5) is 10.7. The number of aromatic nitrogens is 2. The Morgan fingerprint density at radius 3 is 3.04 bits per heavy atom. The molecule has 0 N–H and O–H groups in total. The van der Waals surface area contributed by atoms with Crippen LogP contribution in [0, 0.1) is 11.7 Å². The lowest BCUT2D eigenvalue weighted by Crippen LogP contribution is -2.30. The number of rotatable bonds is 4. The van der Waals surface area contributed by atoms with Gasteiger partial charge in [0.2, 0.25) is 0 Å². The summed E-state index contributed by atoms with van der Waals surface area (Å²) in [7, 11) is 0. The highest BCUT2D eigenvalue weighted by Crippen LogP contribution is 2.19. The van der Waals surface area contributed by atoms with Crippen molar-refractivity contribution in [2.45, 2.75) is 13.0 Å². The molecule has 0 aliphatic carbocycles. The van der Waals surface area contributed by atoms with Gasteiger partial charge < -0.3 is 4.74 Å². The Balaban J connectivity index is 1.63. The molecule has 0 amide bonds. The zero-order valence-corrected chi connectivity index (χ0v) is 13.5. The molecule has 1 atom stereocenters. The fourth-order valence-corrected chi connectivity index (χ4v) is 2.96. The monoisotopic (exact) mass is 335 g/mol. The van der Waals surface area contributed by atoms with Crippen LogP contribution in [0.2, 0.25) is 5.02 Å². The fraction of sp³-hybridized carbons (Fsp3) is 0.412. The van der Waals surface area contributed by atoms with Crippen molar-refractivity contribution >= 4 is 11.6 Å². The molecule has 6 heteroatoms. The molecule has 1 fully saturated rings. The van der Waals surface area contributed by atoms with Gasteiger partial charge in [0.25, 0.3) is 0 Å². The Hall–Kier alpha value is -1.56. The molecule has 23 heavy (non-hydrogen) atoms. The summed E-state index contributed by atoms with van der Waals surface area (Å²) in [6.07, 6.45) is 6.01. The van der Waals surface area contributed by atoms with E-state index in [4.69, 9.17) is 16.3 Å². The maximum Gasteiger partial charge on any atom is 0.142 e. The van der Waals surface area contributed by atoms with Crippen LogP contribution in [0.25, 0.3) is 0 Å². The third-order valence-electron chi connectivity index (χ3n) is 3.93. The van der Waals surface area contributed by atoms with Gasteiger partial charge in [-0.3, -0.25) is 14.9 Å². The van der Waals surface area contributed by atoms with Crippen LogP contribution in [0.1, 0.15) is 11.3 Å². The average Bonchev–Trinajstić information content (AvgIpc) is 2.77. The Bertz CT molecular complexity index is 641. The third-order valence-corrected chi connectivity index (χ3v) is 4.23. The normalized spacial score (nSPS) is 19.5. The summed E-state index contributed by atoms with van der Waals surface area (Å²) >= 11 is 5.74. The summed E-state index contributed by atoms with van der Waals surface area (Å²) in [5, 5.41) is 0.161. The molecule has 1 unspecified atom stereocenters. The maximum atomic E-state index is 13.6. The van der Waals surface area contributed by atoms with Gasteiger partial charge in [0, 0.05) is 44.1 Å². The zero-order chi connectivity index (χ0) is 16.1. The lowest BCUT2D eigenvalue weighted by molar-refractivity contribution is 0.121. The molecule has 0 radical (unpaired) electrons. The summed E-state index contributed by atoms with van der Waals surface area (Å²) < 4.78 is 19.3. The van der Waals surface area contributed by atoms with Gasteiger partial charge in [0.1, 0.15) is 5.82 Å². The van der Waals surface area contributed by atoms with E-state index in [1.807, 2.05) is 6.07 Å². The van der Waals surface area contributed by atoms with E-state index in [-0.39, 0.29) is 10.8 Å². The molecule has 0 saturated carbocycles. The highest BCUT2D eigenvalue weighted by molar-refractivity contribution is 6.30. The molecule has 0 bridgehead atoms. The second-order valence-electron chi connectivity index (χ2n) is 5.83. The molecule has 1 aliphatic heterocycles. The molecule has 1 aliphatic rings. The standard InChI is InChI=1S/C17H19ClFN3O/c18-16-2-1-13(8-17(16)19)10-22-5-6-23-12-14(11-22)7-15-9-20-3-4-21-15/h1-4,8-9,14H,5-7,10-12H2. The highest BCUT2D eigenvalue weighted by atomic mass is 35.5. The Labute approximate surface area is 140 Å². The van der Waals surface area contributed by atoms with Crippen LogP contribution in [0.15, 0.2) is 36.8 Å². The van der Waals surface area contributed by atoms with Crippen molar-refractivity contribution < 1.29 is 9.13 Å². The first-order chi connectivity index (χ1) is 11.2. The van der Waals surface area contributed by atoms with Crippen LogP contribution >= 0.6 is 11.6 Å². The summed E-state index contributed by atoms with van der Waals surface area (Å²) in [5.74, 6) is -0.0160. The van der Waals surface area contributed by atoms with Gasteiger partial charge >= 0.3 is 0 Å². The lowest BCUT2D eigenvalue weighted by Gasteiger charge is -2.23. The number of hydrogen-bond acceptors (Lipinski definition) is 4. The minimum absolute atomic E-state index is 0.161. The van der Waals surface area contributed by atoms with Crippen LogP contribution in [0.3, 0.4) is 0 Å². The van der Waals surface area contributed by atoms with E-state index >= 15 is 0 Å². The van der Waals surface area contributed by atoms with E-state index in [1.165, 1.54) is 6.07 Å². The lowest BCUT2D eigenvalue weighted by atomic mass is 10.0. The van der Waals surface area contributed by atoms with Gasteiger partial charge in [-0.1, -0.05) is 17.7 Å². The fourth-order valence-electron chi connectivity index (χ4n) is 2.85. The van der Waals surface area contributed by atoms with Gasteiger partial charge in [-0.05, 0) is 24.1 Å². The van der Waals surface area contributed by atoms with Crippen molar-refractivity contribution in [3.63, 3.8) is 0 Å². The van der Waals surface area contributed by atoms with Crippen molar-refractivity contribution in [2.24, 2.45) is 5.92 Å². The molecule has 4 nitrogen and oxygen atoms in total. The molecule has 1 aromatic carbocycles. The number of nitrogens with zero attached hydrogens (tertiary/aromatic N) is 3. The summed E-state index contributed by atoms with van der Waals surface area (Å²) in [5.41, 5.74) is 1.90. The molecule has 2 heterocycles. The van der Waals surface area contributed by atoms with Crippen molar-refractivity contribution in [3.05, 3.63) is 58.9 Å². The van der Waals surface area contributed by atoms with E-state index in [2.05, 4.69) is 14.9 Å². The van der Waals surface area contributed by atoms with Crippen molar-refractivity contribution in [3.8, 4) is 0 Å². The first-order valence-electron chi connectivity index (χ1n) is 7.69. The Morgan fingerprint density at radius 2 is 2.26 bits per heavy atom. The number of benzene rings is 1. The number of hydrogen-bond donors (Lipinski definition) is 0. The van der Waals surface area contributed by atoms with Gasteiger partial charge in [0.05, 0.1) is 23.9 Å². The molecule has 3 rings (SSSR count). The highest BCUT2D eigenvalue weighted by Gasteiger charge is 2.20. The first kappa shape index (κ1) is 16.3. The second-order valence-corrected chi connectivity index (χ2v) is 6.23. The van der Waals surface area contributed by atoms with Crippen LogP contribution < -0.4 is 0 Å². The molecule has 0 spiro atoms.